The van der Waals surface area contributed by atoms with Gasteiger partial charge >= 0.3 is 0 Å². The Hall–Kier alpha value is -1.05. The number of sulfone groups is 1. The van der Waals surface area contributed by atoms with E-state index >= 15 is 0 Å². The smallest absolute Gasteiger partial charge is 0.267 e. The van der Waals surface area contributed by atoms with Crippen LogP contribution in [-0.2, 0) is 14.6 Å². The summed E-state index contributed by atoms with van der Waals surface area (Å²) in [5.74, 6) is -0.0895. The first kappa shape index (κ1) is 12.4. The van der Waals surface area contributed by atoms with E-state index in [9.17, 15) is 18.3 Å². The molecule has 1 amide bonds. The molecule has 1 N–H and O–H groups in total. The number of aliphatic hydroxyl groups is 1. The molecule has 0 bridgehead atoms. The Morgan fingerprint density at radius 1 is 1.47 bits per heavy atom. The standard InChI is InChI=1S/C10H11NO4S2/c1-17(14,15)8-4-2-3-7(5-8)11-6-16-10(13)9(11)12/h2-5,10,13H,6H2,1H3. The van der Waals surface area contributed by atoms with Gasteiger partial charge in [-0.1, -0.05) is 17.8 Å². The Kier molecular flexibility index (Phi) is 3.15. The lowest BCUT2D eigenvalue weighted by Crippen LogP contribution is -2.29. The number of nitrogens with zero attached hydrogens (tertiary/aromatic N) is 1. The van der Waals surface area contributed by atoms with Gasteiger partial charge in [0.25, 0.3) is 5.91 Å². The average molecular weight is 273 g/mol. The molecule has 92 valence electrons. The molecule has 1 atom stereocenters. The molecular weight excluding hydrogens is 262 g/mol. The minimum Gasteiger partial charge on any atom is -0.373 e. The van der Waals surface area contributed by atoms with E-state index in [0.717, 1.165) is 18.0 Å². The first-order valence-electron chi connectivity index (χ1n) is 4.81. The fourth-order valence-corrected chi connectivity index (χ4v) is 2.99. The molecule has 0 radical (unpaired) electrons. The number of hydrogen-bond donors (Lipinski definition) is 1. The molecule has 2 rings (SSSR count). The quantitative estimate of drug-likeness (QED) is 0.846. The molecule has 1 unspecified atom stereocenters. The molecule has 0 saturated carbocycles. The van der Waals surface area contributed by atoms with Crippen LogP contribution >= 0.6 is 11.8 Å². The Morgan fingerprint density at radius 2 is 2.18 bits per heavy atom. The Balaban J connectivity index is 2.38. The van der Waals surface area contributed by atoms with Crippen molar-refractivity contribution >= 4 is 33.2 Å². The first-order chi connectivity index (χ1) is 7.89. The van der Waals surface area contributed by atoms with E-state index in [1.165, 1.54) is 17.0 Å². The highest BCUT2D eigenvalue weighted by atomic mass is 32.2. The van der Waals surface area contributed by atoms with Crippen molar-refractivity contribution in [1.29, 1.82) is 0 Å². The summed E-state index contributed by atoms with van der Waals surface area (Å²) in [6.45, 7) is 0. The number of rotatable bonds is 2. The van der Waals surface area contributed by atoms with Gasteiger partial charge in [-0.15, -0.1) is 0 Å². The van der Waals surface area contributed by atoms with Crippen LogP contribution in [0.15, 0.2) is 29.2 Å². The molecule has 1 aliphatic rings. The predicted octanol–water partition coefficient (Wildman–Crippen LogP) is 0.446. The van der Waals surface area contributed by atoms with Crippen LogP contribution in [0.4, 0.5) is 5.69 Å². The van der Waals surface area contributed by atoms with Gasteiger partial charge in [0, 0.05) is 11.9 Å². The van der Waals surface area contributed by atoms with E-state index in [1.54, 1.807) is 12.1 Å². The Labute approximate surface area is 103 Å². The maximum absolute atomic E-state index is 11.6. The molecule has 1 fully saturated rings. The molecular formula is C10H11NO4S2. The van der Waals surface area contributed by atoms with Crippen molar-refractivity contribution in [3.63, 3.8) is 0 Å². The second-order valence-electron chi connectivity index (χ2n) is 3.68. The summed E-state index contributed by atoms with van der Waals surface area (Å²) >= 11 is 1.10. The van der Waals surface area contributed by atoms with Crippen LogP contribution in [0.1, 0.15) is 0 Å². The van der Waals surface area contributed by atoms with Crippen LogP contribution in [0.2, 0.25) is 0 Å². The molecule has 5 nitrogen and oxygen atoms in total. The summed E-state index contributed by atoms with van der Waals surface area (Å²) in [4.78, 5) is 13.1. The van der Waals surface area contributed by atoms with Crippen molar-refractivity contribution in [3.8, 4) is 0 Å². The van der Waals surface area contributed by atoms with Gasteiger partial charge in [-0.25, -0.2) is 8.42 Å². The zero-order chi connectivity index (χ0) is 12.6. The monoisotopic (exact) mass is 273 g/mol. The molecule has 1 aromatic rings. The summed E-state index contributed by atoms with van der Waals surface area (Å²) in [5.41, 5.74) is -0.570. The van der Waals surface area contributed by atoms with E-state index in [-0.39, 0.29) is 4.90 Å². The maximum atomic E-state index is 11.6. The fourth-order valence-electron chi connectivity index (χ4n) is 1.50. The van der Waals surface area contributed by atoms with Crippen molar-refractivity contribution in [1.82, 2.24) is 0 Å². The molecule has 0 spiro atoms. The number of benzene rings is 1. The third kappa shape index (κ3) is 2.46. The van der Waals surface area contributed by atoms with Gasteiger partial charge in [-0.05, 0) is 18.2 Å². The zero-order valence-corrected chi connectivity index (χ0v) is 10.7. The number of hydrogen-bond acceptors (Lipinski definition) is 5. The normalized spacial score (nSPS) is 20.9. The maximum Gasteiger partial charge on any atom is 0.267 e. The number of anilines is 1. The molecule has 1 aliphatic heterocycles. The van der Waals surface area contributed by atoms with E-state index in [2.05, 4.69) is 0 Å². The number of carbonyl (C=O) groups excluding carboxylic acids is 1. The van der Waals surface area contributed by atoms with Gasteiger partial charge in [0.2, 0.25) is 0 Å². The summed E-state index contributed by atoms with van der Waals surface area (Å²) < 4.78 is 22.8. The van der Waals surface area contributed by atoms with Crippen LogP contribution in [0.5, 0.6) is 0 Å². The lowest BCUT2D eigenvalue weighted by molar-refractivity contribution is -0.121. The van der Waals surface area contributed by atoms with E-state index in [0.29, 0.717) is 11.6 Å². The van der Waals surface area contributed by atoms with Gasteiger partial charge in [0.05, 0.1) is 10.8 Å². The van der Waals surface area contributed by atoms with Crippen LogP contribution in [0.25, 0.3) is 0 Å². The highest BCUT2D eigenvalue weighted by Gasteiger charge is 2.31. The third-order valence-corrected chi connectivity index (χ3v) is 4.43. The van der Waals surface area contributed by atoms with E-state index in [4.69, 9.17) is 0 Å². The number of carbonyl (C=O) groups is 1. The third-order valence-electron chi connectivity index (χ3n) is 2.40. The highest BCUT2D eigenvalue weighted by Crippen LogP contribution is 2.29. The minimum atomic E-state index is -3.29. The second kappa shape index (κ2) is 4.32. The van der Waals surface area contributed by atoms with Crippen LogP contribution in [0, 0.1) is 0 Å². The Bertz CT molecular complexity index is 555. The molecule has 0 aromatic heterocycles. The van der Waals surface area contributed by atoms with E-state index in [1.807, 2.05) is 0 Å². The molecule has 1 aromatic carbocycles. The summed E-state index contributed by atoms with van der Waals surface area (Å²) in [7, 11) is -3.29. The first-order valence-corrected chi connectivity index (χ1v) is 7.75. The summed E-state index contributed by atoms with van der Waals surface area (Å²) in [6, 6.07) is 6.13. The topological polar surface area (TPSA) is 74.7 Å². The largest absolute Gasteiger partial charge is 0.373 e. The average Bonchev–Trinajstić information content (AvgIpc) is 2.59. The lowest BCUT2D eigenvalue weighted by atomic mass is 10.3. The van der Waals surface area contributed by atoms with Crippen LogP contribution < -0.4 is 4.90 Å². The van der Waals surface area contributed by atoms with Crippen molar-refractivity contribution in [2.75, 3.05) is 17.0 Å². The molecule has 7 heteroatoms. The molecule has 1 saturated heterocycles. The molecule has 0 aliphatic carbocycles. The molecule has 17 heavy (non-hydrogen) atoms. The second-order valence-corrected chi connectivity index (χ2v) is 6.74. The lowest BCUT2D eigenvalue weighted by Gasteiger charge is -2.15. The van der Waals surface area contributed by atoms with Gasteiger partial charge in [-0.2, -0.15) is 0 Å². The van der Waals surface area contributed by atoms with Gasteiger partial charge in [0.15, 0.2) is 15.3 Å². The minimum absolute atomic E-state index is 0.161. The van der Waals surface area contributed by atoms with E-state index < -0.39 is 21.2 Å². The molecule has 1 heterocycles. The predicted molar refractivity (Wildman–Crippen MR) is 65.5 cm³/mol. The zero-order valence-electron chi connectivity index (χ0n) is 9.03. The summed E-state index contributed by atoms with van der Waals surface area (Å²) in [6.07, 6.45) is 1.11. The van der Waals surface area contributed by atoms with Crippen LogP contribution in [-0.4, -0.2) is 37.0 Å². The van der Waals surface area contributed by atoms with Crippen molar-refractivity contribution in [3.05, 3.63) is 24.3 Å². The number of aliphatic hydroxyl groups excluding tert-OH is 1. The number of amides is 1. The highest BCUT2D eigenvalue weighted by molar-refractivity contribution is 8.01. The van der Waals surface area contributed by atoms with Crippen molar-refractivity contribution in [2.24, 2.45) is 0 Å². The SMILES string of the molecule is CS(=O)(=O)c1cccc(N2CSC(O)C2=O)c1. The van der Waals surface area contributed by atoms with Crippen LogP contribution in [0.3, 0.4) is 0 Å². The van der Waals surface area contributed by atoms with Gasteiger partial charge in [0.1, 0.15) is 0 Å². The van der Waals surface area contributed by atoms with Crippen molar-refractivity contribution < 1.29 is 18.3 Å². The number of thioether (sulfide) groups is 1. The fraction of sp³-hybridized carbons (Fsp3) is 0.300. The summed E-state index contributed by atoms with van der Waals surface area (Å²) in [5, 5.41) is 9.31. The van der Waals surface area contributed by atoms with Gasteiger partial charge in [-0.3, -0.25) is 9.69 Å². The van der Waals surface area contributed by atoms with Crippen molar-refractivity contribution in [2.45, 2.75) is 10.3 Å². The van der Waals surface area contributed by atoms with Gasteiger partial charge < -0.3 is 5.11 Å². The Morgan fingerprint density at radius 3 is 2.71 bits per heavy atom.